The van der Waals surface area contributed by atoms with Crippen molar-refractivity contribution in [3.63, 3.8) is 0 Å². The van der Waals surface area contributed by atoms with Crippen LogP contribution in [0.5, 0.6) is 0 Å². The topological polar surface area (TPSA) is 35.2 Å². The third-order valence-corrected chi connectivity index (χ3v) is 6.46. The molecule has 0 spiro atoms. The number of hydrogen-bond donors (Lipinski definition) is 1. The molecular formula is C19H28N4S. The fraction of sp³-hybridized carbons (Fsp3) is 0.632. The quantitative estimate of drug-likeness (QED) is 0.895. The number of nitrogens with one attached hydrogen (secondary N) is 1. The molecule has 0 saturated carbocycles. The van der Waals surface area contributed by atoms with Gasteiger partial charge in [-0.1, -0.05) is 6.42 Å². The molecule has 0 radical (unpaired) electrons. The van der Waals surface area contributed by atoms with Crippen molar-refractivity contribution in [1.82, 2.24) is 20.0 Å². The van der Waals surface area contributed by atoms with Crippen molar-refractivity contribution in [2.24, 2.45) is 0 Å². The van der Waals surface area contributed by atoms with Crippen molar-refractivity contribution in [1.29, 1.82) is 0 Å². The minimum Gasteiger partial charge on any atom is -0.299 e. The molecule has 4 heterocycles. The predicted molar refractivity (Wildman–Crippen MR) is 99.3 cm³/mol. The van der Waals surface area contributed by atoms with Crippen LogP contribution in [-0.2, 0) is 13.1 Å². The van der Waals surface area contributed by atoms with Gasteiger partial charge in [0, 0.05) is 35.8 Å². The van der Waals surface area contributed by atoms with Crippen LogP contribution in [0.25, 0.3) is 0 Å². The van der Waals surface area contributed by atoms with Gasteiger partial charge in [-0.25, -0.2) is 0 Å². The SMILES string of the molecule is c1cc(C2CCN(Cc3cc(CN4CCCCC4)cs3)CC2)[nH]n1. The van der Waals surface area contributed by atoms with Gasteiger partial charge in [0.1, 0.15) is 0 Å². The highest BCUT2D eigenvalue weighted by Crippen LogP contribution is 2.28. The lowest BCUT2D eigenvalue weighted by atomic mass is 9.94. The first-order valence-electron chi connectivity index (χ1n) is 9.37. The molecule has 0 atom stereocenters. The number of aromatic nitrogens is 2. The summed E-state index contributed by atoms with van der Waals surface area (Å²) in [6.07, 6.45) is 8.53. The van der Waals surface area contributed by atoms with Crippen LogP contribution >= 0.6 is 11.3 Å². The molecule has 5 heteroatoms. The molecule has 2 aliphatic rings. The summed E-state index contributed by atoms with van der Waals surface area (Å²) in [7, 11) is 0. The Hall–Kier alpha value is -1.17. The van der Waals surface area contributed by atoms with Gasteiger partial charge in [0.25, 0.3) is 0 Å². The summed E-state index contributed by atoms with van der Waals surface area (Å²) in [6.45, 7) is 7.24. The zero-order chi connectivity index (χ0) is 16.2. The minimum atomic E-state index is 0.668. The maximum Gasteiger partial charge on any atom is 0.0490 e. The number of hydrogen-bond acceptors (Lipinski definition) is 4. The van der Waals surface area contributed by atoms with Crippen molar-refractivity contribution >= 4 is 11.3 Å². The monoisotopic (exact) mass is 344 g/mol. The van der Waals surface area contributed by atoms with Gasteiger partial charge in [0.05, 0.1) is 0 Å². The van der Waals surface area contributed by atoms with Crippen molar-refractivity contribution in [3.8, 4) is 0 Å². The van der Waals surface area contributed by atoms with E-state index < -0.39 is 0 Å². The fourth-order valence-corrected chi connectivity index (χ4v) is 5.01. The summed E-state index contributed by atoms with van der Waals surface area (Å²) in [5.41, 5.74) is 2.83. The molecular weight excluding hydrogens is 316 g/mol. The Labute approximate surface area is 148 Å². The van der Waals surface area contributed by atoms with E-state index in [9.17, 15) is 0 Å². The number of aromatic amines is 1. The molecule has 24 heavy (non-hydrogen) atoms. The van der Waals surface area contributed by atoms with Crippen LogP contribution in [-0.4, -0.2) is 46.2 Å². The lowest BCUT2D eigenvalue weighted by Gasteiger charge is -2.31. The molecule has 0 aliphatic carbocycles. The molecule has 2 saturated heterocycles. The number of rotatable bonds is 5. The summed E-state index contributed by atoms with van der Waals surface area (Å²) in [4.78, 5) is 6.76. The number of nitrogens with zero attached hydrogens (tertiary/aromatic N) is 3. The van der Waals surface area contributed by atoms with Gasteiger partial charge in [0.15, 0.2) is 0 Å². The molecule has 4 nitrogen and oxygen atoms in total. The number of thiophene rings is 1. The van der Waals surface area contributed by atoms with Gasteiger partial charge in [-0.2, -0.15) is 5.10 Å². The van der Waals surface area contributed by atoms with E-state index in [0.29, 0.717) is 5.92 Å². The molecule has 2 fully saturated rings. The Morgan fingerprint density at radius 3 is 2.58 bits per heavy atom. The molecule has 1 N–H and O–H groups in total. The predicted octanol–water partition coefficient (Wildman–Crippen LogP) is 3.84. The van der Waals surface area contributed by atoms with Crippen LogP contribution in [0.1, 0.15) is 54.2 Å². The molecule has 0 unspecified atom stereocenters. The molecule has 0 bridgehead atoms. The first kappa shape index (κ1) is 16.3. The van der Waals surface area contributed by atoms with E-state index in [1.807, 2.05) is 17.5 Å². The average Bonchev–Trinajstić information content (AvgIpc) is 3.29. The highest BCUT2D eigenvalue weighted by molar-refractivity contribution is 7.10. The Morgan fingerprint density at radius 1 is 1.04 bits per heavy atom. The van der Waals surface area contributed by atoms with E-state index in [2.05, 4.69) is 37.5 Å². The van der Waals surface area contributed by atoms with Crippen molar-refractivity contribution in [3.05, 3.63) is 39.8 Å². The number of piperidine rings is 2. The largest absolute Gasteiger partial charge is 0.299 e. The molecule has 2 aromatic rings. The number of H-pyrrole nitrogens is 1. The highest BCUT2D eigenvalue weighted by atomic mass is 32.1. The van der Waals surface area contributed by atoms with E-state index >= 15 is 0 Å². The van der Waals surface area contributed by atoms with Gasteiger partial charge < -0.3 is 0 Å². The Kier molecular flexibility index (Phi) is 5.30. The Bertz CT molecular complexity index is 607. The van der Waals surface area contributed by atoms with E-state index in [0.717, 1.165) is 13.1 Å². The summed E-state index contributed by atoms with van der Waals surface area (Å²) in [5, 5.41) is 9.61. The third kappa shape index (κ3) is 4.08. The normalized spacial score (nSPS) is 21.3. The van der Waals surface area contributed by atoms with Crippen molar-refractivity contribution < 1.29 is 0 Å². The second-order valence-electron chi connectivity index (χ2n) is 7.32. The second-order valence-corrected chi connectivity index (χ2v) is 8.32. The zero-order valence-electron chi connectivity index (χ0n) is 14.4. The summed E-state index contributed by atoms with van der Waals surface area (Å²) >= 11 is 1.95. The molecule has 0 amide bonds. The number of likely N-dealkylation sites (tertiary alicyclic amines) is 2. The van der Waals surface area contributed by atoms with Crippen LogP contribution in [0.3, 0.4) is 0 Å². The maximum absolute atomic E-state index is 4.09. The first-order chi connectivity index (χ1) is 11.9. The summed E-state index contributed by atoms with van der Waals surface area (Å²) in [6, 6.07) is 4.58. The smallest absolute Gasteiger partial charge is 0.0490 e. The zero-order valence-corrected chi connectivity index (χ0v) is 15.2. The Balaban J connectivity index is 1.26. The van der Waals surface area contributed by atoms with E-state index in [4.69, 9.17) is 0 Å². The molecule has 2 aromatic heterocycles. The minimum absolute atomic E-state index is 0.668. The lowest BCUT2D eigenvalue weighted by Crippen LogP contribution is -2.32. The highest BCUT2D eigenvalue weighted by Gasteiger charge is 2.22. The average molecular weight is 345 g/mol. The van der Waals surface area contributed by atoms with E-state index in [1.165, 1.54) is 74.4 Å². The van der Waals surface area contributed by atoms with Crippen LogP contribution in [0.4, 0.5) is 0 Å². The Morgan fingerprint density at radius 2 is 1.83 bits per heavy atom. The van der Waals surface area contributed by atoms with Crippen molar-refractivity contribution in [2.75, 3.05) is 26.2 Å². The fourth-order valence-electron chi connectivity index (χ4n) is 4.08. The maximum atomic E-state index is 4.09. The summed E-state index contributed by atoms with van der Waals surface area (Å²) in [5.74, 6) is 0.668. The van der Waals surface area contributed by atoms with E-state index in [1.54, 1.807) is 0 Å². The molecule has 2 aliphatic heterocycles. The van der Waals surface area contributed by atoms with Crippen molar-refractivity contribution in [2.45, 2.75) is 51.1 Å². The molecule has 130 valence electrons. The summed E-state index contributed by atoms with van der Waals surface area (Å²) < 4.78 is 0. The van der Waals surface area contributed by atoms with Gasteiger partial charge >= 0.3 is 0 Å². The van der Waals surface area contributed by atoms with Crippen LogP contribution < -0.4 is 0 Å². The van der Waals surface area contributed by atoms with E-state index in [-0.39, 0.29) is 0 Å². The lowest BCUT2D eigenvalue weighted by molar-refractivity contribution is 0.204. The molecule has 4 rings (SSSR count). The third-order valence-electron chi connectivity index (χ3n) is 5.49. The van der Waals surface area contributed by atoms with Gasteiger partial charge in [0.2, 0.25) is 0 Å². The van der Waals surface area contributed by atoms with Gasteiger partial charge in [-0.15, -0.1) is 11.3 Å². The molecule has 0 aromatic carbocycles. The van der Waals surface area contributed by atoms with Gasteiger partial charge in [-0.05, 0) is 74.9 Å². The standard InChI is InChI=1S/C19H28N4S/c1-2-8-22(9-3-1)13-16-12-18(24-15-16)14-23-10-5-17(6-11-23)19-4-7-20-21-19/h4,7,12,15,17H,1-3,5-6,8-11,13-14H2,(H,20,21). The second kappa shape index (κ2) is 7.81. The van der Waals surface area contributed by atoms with Crippen LogP contribution in [0.2, 0.25) is 0 Å². The van der Waals surface area contributed by atoms with Gasteiger partial charge in [-0.3, -0.25) is 14.9 Å². The van der Waals surface area contributed by atoms with Crippen LogP contribution in [0.15, 0.2) is 23.7 Å². The van der Waals surface area contributed by atoms with Crippen LogP contribution in [0, 0.1) is 0 Å². The first-order valence-corrected chi connectivity index (χ1v) is 10.2.